The highest BCUT2D eigenvalue weighted by Gasteiger charge is 2.36. The zero-order valence-electron chi connectivity index (χ0n) is 15.4. The van der Waals surface area contributed by atoms with Crippen LogP contribution in [-0.4, -0.2) is 22.4 Å². The fourth-order valence-electron chi connectivity index (χ4n) is 3.11. The molecule has 4 rings (SSSR count). The summed E-state index contributed by atoms with van der Waals surface area (Å²) >= 11 is 3.44. The summed E-state index contributed by atoms with van der Waals surface area (Å²) < 4.78 is 2.76. The summed E-state index contributed by atoms with van der Waals surface area (Å²) in [5.41, 5.74) is 2.79. The van der Waals surface area contributed by atoms with Gasteiger partial charge in [0.1, 0.15) is 5.57 Å². The first-order valence-corrected chi connectivity index (χ1v) is 9.65. The SMILES string of the molecule is Cc1ccc(N2C(=O)NC(=O)/C(=C\c3cccn3-c3cccc(Br)c3)C2=O)cc1. The number of anilines is 1. The molecule has 144 valence electrons. The Bertz CT molecular complexity index is 1160. The maximum atomic E-state index is 13.0. The zero-order chi connectivity index (χ0) is 20.5. The molecule has 0 unspecified atom stereocenters. The van der Waals surface area contributed by atoms with E-state index in [2.05, 4.69) is 21.2 Å². The summed E-state index contributed by atoms with van der Waals surface area (Å²) in [7, 11) is 0. The quantitative estimate of drug-likeness (QED) is 0.480. The lowest BCUT2D eigenvalue weighted by molar-refractivity contribution is -0.122. The van der Waals surface area contributed by atoms with E-state index in [-0.39, 0.29) is 5.57 Å². The van der Waals surface area contributed by atoms with Gasteiger partial charge in [-0.3, -0.25) is 14.9 Å². The third-order valence-corrected chi connectivity index (χ3v) is 5.05. The molecule has 7 heteroatoms. The third-order valence-electron chi connectivity index (χ3n) is 4.55. The molecule has 0 saturated carbocycles. The lowest BCUT2D eigenvalue weighted by Crippen LogP contribution is -2.54. The number of barbiturate groups is 1. The lowest BCUT2D eigenvalue weighted by Gasteiger charge is -2.26. The Morgan fingerprint density at radius 3 is 2.41 bits per heavy atom. The molecule has 0 aliphatic carbocycles. The second kappa shape index (κ2) is 7.52. The minimum Gasteiger partial charge on any atom is -0.317 e. The molecule has 1 N–H and O–H groups in total. The highest BCUT2D eigenvalue weighted by atomic mass is 79.9. The van der Waals surface area contributed by atoms with Crippen LogP contribution in [0.5, 0.6) is 0 Å². The molecule has 0 bridgehead atoms. The topological polar surface area (TPSA) is 71.4 Å². The van der Waals surface area contributed by atoms with E-state index in [0.717, 1.165) is 20.6 Å². The maximum Gasteiger partial charge on any atom is 0.335 e. The van der Waals surface area contributed by atoms with Gasteiger partial charge in [-0.15, -0.1) is 0 Å². The Morgan fingerprint density at radius 1 is 0.931 bits per heavy atom. The Morgan fingerprint density at radius 2 is 1.69 bits per heavy atom. The van der Waals surface area contributed by atoms with E-state index in [4.69, 9.17) is 0 Å². The van der Waals surface area contributed by atoms with Crippen LogP contribution in [0.2, 0.25) is 0 Å². The number of halogens is 1. The van der Waals surface area contributed by atoms with Gasteiger partial charge in [0.25, 0.3) is 11.8 Å². The number of carbonyl (C=O) groups is 3. The fraction of sp³-hybridized carbons (Fsp3) is 0.0455. The van der Waals surface area contributed by atoms with E-state index >= 15 is 0 Å². The van der Waals surface area contributed by atoms with Gasteiger partial charge in [0.2, 0.25) is 0 Å². The van der Waals surface area contributed by atoms with Crippen molar-refractivity contribution in [3.63, 3.8) is 0 Å². The first-order valence-electron chi connectivity index (χ1n) is 8.85. The number of benzene rings is 2. The average molecular weight is 450 g/mol. The highest BCUT2D eigenvalue weighted by molar-refractivity contribution is 9.10. The molecular weight excluding hydrogens is 434 g/mol. The Kier molecular flexibility index (Phi) is 4.90. The van der Waals surface area contributed by atoms with Gasteiger partial charge in [-0.2, -0.15) is 0 Å². The number of imide groups is 2. The van der Waals surface area contributed by atoms with Crippen molar-refractivity contribution in [1.29, 1.82) is 0 Å². The smallest absolute Gasteiger partial charge is 0.317 e. The van der Waals surface area contributed by atoms with Crippen LogP contribution in [-0.2, 0) is 9.59 Å². The Hall–Kier alpha value is -3.45. The Balaban J connectivity index is 1.75. The molecule has 1 saturated heterocycles. The van der Waals surface area contributed by atoms with Gasteiger partial charge in [-0.25, -0.2) is 9.69 Å². The van der Waals surface area contributed by atoms with E-state index in [1.165, 1.54) is 6.08 Å². The van der Waals surface area contributed by atoms with Gasteiger partial charge in [0.05, 0.1) is 5.69 Å². The van der Waals surface area contributed by atoms with E-state index in [1.807, 2.05) is 48.0 Å². The number of nitrogens with zero attached hydrogens (tertiary/aromatic N) is 2. The summed E-state index contributed by atoms with van der Waals surface area (Å²) in [6.45, 7) is 1.91. The van der Waals surface area contributed by atoms with Crippen molar-refractivity contribution in [2.45, 2.75) is 6.92 Å². The summed E-state index contributed by atoms with van der Waals surface area (Å²) in [5, 5.41) is 2.25. The fourth-order valence-corrected chi connectivity index (χ4v) is 3.49. The molecule has 1 aliphatic heterocycles. The largest absolute Gasteiger partial charge is 0.335 e. The summed E-state index contributed by atoms with van der Waals surface area (Å²) in [6, 6.07) is 17.4. The van der Waals surface area contributed by atoms with Crippen LogP contribution in [0.25, 0.3) is 11.8 Å². The molecule has 4 amide bonds. The van der Waals surface area contributed by atoms with Crippen molar-refractivity contribution in [3.05, 3.63) is 88.2 Å². The van der Waals surface area contributed by atoms with Gasteiger partial charge in [0, 0.05) is 22.1 Å². The number of hydrogen-bond acceptors (Lipinski definition) is 3. The second-order valence-corrected chi connectivity index (χ2v) is 7.49. The average Bonchev–Trinajstić information content (AvgIpc) is 3.15. The molecule has 0 atom stereocenters. The van der Waals surface area contributed by atoms with Crippen molar-refractivity contribution in [1.82, 2.24) is 9.88 Å². The molecule has 29 heavy (non-hydrogen) atoms. The predicted octanol–water partition coefficient (Wildman–Crippen LogP) is 4.21. The van der Waals surface area contributed by atoms with Gasteiger partial charge >= 0.3 is 6.03 Å². The van der Waals surface area contributed by atoms with Crippen molar-refractivity contribution in [2.75, 3.05) is 4.90 Å². The Labute approximate surface area is 175 Å². The van der Waals surface area contributed by atoms with Crippen molar-refractivity contribution >= 4 is 45.5 Å². The van der Waals surface area contributed by atoms with Crippen LogP contribution < -0.4 is 10.2 Å². The molecule has 1 fully saturated rings. The molecular formula is C22H16BrN3O3. The van der Waals surface area contributed by atoms with Crippen molar-refractivity contribution in [2.24, 2.45) is 0 Å². The number of nitrogens with one attached hydrogen (secondary N) is 1. The van der Waals surface area contributed by atoms with Gasteiger partial charge in [0.15, 0.2) is 0 Å². The van der Waals surface area contributed by atoms with Crippen LogP contribution in [0.4, 0.5) is 10.5 Å². The monoisotopic (exact) mass is 449 g/mol. The van der Waals surface area contributed by atoms with Crippen LogP contribution >= 0.6 is 15.9 Å². The third kappa shape index (κ3) is 3.64. The maximum absolute atomic E-state index is 13.0. The summed E-state index contributed by atoms with van der Waals surface area (Å²) in [4.78, 5) is 38.7. The summed E-state index contributed by atoms with van der Waals surface area (Å²) in [5.74, 6) is -1.38. The minimum atomic E-state index is -0.761. The van der Waals surface area contributed by atoms with Gasteiger partial charge < -0.3 is 4.57 Å². The van der Waals surface area contributed by atoms with Crippen molar-refractivity contribution < 1.29 is 14.4 Å². The molecule has 2 aromatic carbocycles. The number of hydrogen-bond donors (Lipinski definition) is 1. The van der Waals surface area contributed by atoms with Gasteiger partial charge in [-0.1, -0.05) is 39.7 Å². The molecule has 0 spiro atoms. The molecule has 6 nitrogen and oxygen atoms in total. The molecule has 1 aliphatic rings. The highest BCUT2D eigenvalue weighted by Crippen LogP contribution is 2.24. The number of rotatable bonds is 3. The number of aromatic nitrogens is 1. The van der Waals surface area contributed by atoms with E-state index in [0.29, 0.717) is 11.4 Å². The molecule has 2 heterocycles. The number of amides is 4. The molecule has 0 radical (unpaired) electrons. The van der Waals surface area contributed by atoms with Crippen molar-refractivity contribution in [3.8, 4) is 5.69 Å². The van der Waals surface area contributed by atoms with Crippen LogP contribution in [0.15, 0.2) is 76.9 Å². The van der Waals surface area contributed by atoms with E-state index < -0.39 is 17.8 Å². The van der Waals surface area contributed by atoms with Crippen LogP contribution in [0.3, 0.4) is 0 Å². The normalized spacial score (nSPS) is 15.7. The second-order valence-electron chi connectivity index (χ2n) is 6.58. The first-order chi connectivity index (χ1) is 13.9. The predicted molar refractivity (Wildman–Crippen MR) is 114 cm³/mol. The zero-order valence-corrected chi connectivity index (χ0v) is 17.0. The first kappa shape index (κ1) is 18.9. The van der Waals surface area contributed by atoms with Crippen LogP contribution in [0, 0.1) is 6.92 Å². The van der Waals surface area contributed by atoms with Crippen LogP contribution in [0.1, 0.15) is 11.3 Å². The summed E-state index contributed by atoms with van der Waals surface area (Å²) in [6.07, 6.45) is 3.33. The number of aryl methyl sites for hydroxylation is 1. The number of urea groups is 1. The minimum absolute atomic E-state index is 0.111. The van der Waals surface area contributed by atoms with E-state index in [9.17, 15) is 14.4 Å². The van der Waals surface area contributed by atoms with E-state index in [1.54, 1.807) is 30.3 Å². The standard InChI is InChI=1S/C22H16BrN3O3/c1-14-7-9-16(10-8-14)26-21(28)19(20(27)24-22(26)29)13-18-6-3-11-25(18)17-5-2-4-15(23)12-17/h2-13H,1H3,(H,24,27,29)/b19-13+. The lowest BCUT2D eigenvalue weighted by atomic mass is 10.1. The molecule has 3 aromatic rings. The number of carbonyl (C=O) groups excluding carboxylic acids is 3. The molecule has 1 aromatic heterocycles. The van der Waals surface area contributed by atoms with Gasteiger partial charge in [-0.05, 0) is 55.5 Å².